The van der Waals surface area contributed by atoms with Crippen LogP contribution in [-0.2, 0) is 13.1 Å². The lowest BCUT2D eigenvalue weighted by molar-refractivity contribution is 0.241. The van der Waals surface area contributed by atoms with Gasteiger partial charge in [0.2, 0.25) is 0 Å². The first kappa shape index (κ1) is 12.7. The molecule has 1 heterocycles. The van der Waals surface area contributed by atoms with Crippen molar-refractivity contribution in [1.29, 1.82) is 5.26 Å². The van der Waals surface area contributed by atoms with Gasteiger partial charge < -0.3 is 0 Å². The summed E-state index contributed by atoms with van der Waals surface area (Å²) >= 11 is 0. The van der Waals surface area contributed by atoms with Crippen LogP contribution in [0, 0.1) is 11.3 Å². The van der Waals surface area contributed by atoms with Crippen molar-refractivity contribution in [2.75, 3.05) is 7.05 Å². The Kier molecular flexibility index (Phi) is 4.93. The largest absolute Gasteiger partial charge is 0.295 e. The highest BCUT2D eigenvalue weighted by molar-refractivity contribution is 4.87. The number of nitriles is 1. The van der Waals surface area contributed by atoms with Crippen LogP contribution in [0.1, 0.15) is 32.5 Å². The Morgan fingerprint density at radius 2 is 2.38 bits per heavy atom. The molecule has 0 aliphatic rings. The quantitative estimate of drug-likeness (QED) is 0.729. The summed E-state index contributed by atoms with van der Waals surface area (Å²) in [7, 11) is 2.01. The van der Waals surface area contributed by atoms with Crippen LogP contribution in [0.2, 0.25) is 0 Å². The lowest BCUT2D eigenvalue weighted by atomic mass is 10.2. The van der Waals surface area contributed by atoms with Crippen LogP contribution >= 0.6 is 0 Å². The smallest absolute Gasteiger partial charge is 0.141 e. The van der Waals surface area contributed by atoms with Crippen molar-refractivity contribution < 1.29 is 0 Å². The van der Waals surface area contributed by atoms with Crippen LogP contribution in [0.3, 0.4) is 0 Å². The fourth-order valence-electron chi connectivity index (χ4n) is 1.48. The minimum absolute atomic E-state index is 0.247. The van der Waals surface area contributed by atoms with Gasteiger partial charge in [0.15, 0.2) is 0 Å². The monoisotopic (exact) mass is 221 g/mol. The Labute approximate surface area is 96.7 Å². The van der Waals surface area contributed by atoms with Gasteiger partial charge >= 0.3 is 0 Å². The average Bonchev–Trinajstić information content (AvgIpc) is 2.67. The van der Waals surface area contributed by atoms with Crippen LogP contribution in [0.4, 0.5) is 0 Å². The molecule has 1 atom stereocenters. The summed E-state index contributed by atoms with van der Waals surface area (Å²) in [6, 6.07) is 2.43. The highest BCUT2D eigenvalue weighted by Crippen LogP contribution is 2.06. The van der Waals surface area contributed by atoms with Crippen molar-refractivity contribution in [3.05, 3.63) is 12.2 Å². The van der Waals surface area contributed by atoms with Gasteiger partial charge in [-0.3, -0.25) is 4.90 Å². The Bertz CT molecular complexity index is 352. The number of aryl methyl sites for hydroxylation is 1. The molecule has 5 heteroatoms. The molecule has 0 aliphatic heterocycles. The van der Waals surface area contributed by atoms with Gasteiger partial charge in [0.05, 0.1) is 19.0 Å². The molecule has 88 valence electrons. The summed E-state index contributed by atoms with van der Waals surface area (Å²) in [5.74, 6) is 0.967. The maximum atomic E-state index is 8.64. The van der Waals surface area contributed by atoms with E-state index in [4.69, 9.17) is 5.26 Å². The van der Waals surface area contributed by atoms with Gasteiger partial charge in [0.1, 0.15) is 12.2 Å². The molecule has 1 aromatic heterocycles. The average molecular weight is 221 g/mol. The van der Waals surface area contributed by atoms with Crippen LogP contribution in [0.15, 0.2) is 6.33 Å². The minimum Gasteiger partial charge on any atom is -0.295 e. The molecule has 0 aliphatic carbocycles. The van der Waals surface area contributed by atoms with E-state index in [1.807, 2.05) is 18.7 Å². The van der Waals surface area contributed by atoms with E-state index in [1.54, 1.807) is 6.33 Å². The number of hydrogen-bond acceptors (Lipinski definition) is 4. The molecule has 16 heavy (non-hydrogen) atoms. The van der Waals surface area contributed by atoms with E-state index in [-0.39, 0.29) is 6.04 Å². The Morgan fingerprint density at radius 1 is 1.62 bits per heavy atom. The van der Waals surface area contributed by atoms with Crippen molar-refractivity contribution >= 4 is 0 Å². The molecule has 1 rings (SSSR count). The van der Waals surface area contributed by atoms with Crippen molar-refractivity contribution in [1.82, 2.24) is 19.7 Å². The highest BCUT2D eigenvalue weighted by atomic mass is 15.3. The van der Waals surface area contributed by atoms with E-state index < -0.39 is 0 Å². The number of aromatic nitrogens is 3. The Balaban J connectivity index is 2.58. The first-order chi connectivity index (χ1) is 7.69. The van der Waals surface area contributed by atoms with E-state index in [1.165, 1.54) is 0 Å². The summed E-state index contributed by atoms with van der Waals surface area (Å²) in [6.07, 6.45) is 3.18. The fraction of sp³-hybridized carbons (Fsp3) is 0.727. The zero-order chi connectivity index (χ0) is 12.0. The zero-order valence-corrected chi connectivity index (χ0v) is 10.2. The Morgan fingerprint density at radius 3 is 3.00 bits per heavy atom. The molecule has 0 spiro atoms. The number of rotatable bonds is 6. The van der Waals surface area contributed by atoms with E-state index in [0.29, 0.717) is 6.42 Å². The molecule has 0 N–H and O–H groups in total. The third-order valence-corrected chi connectivity index (χ3v) is 2.66. The first-order valence-electron chi connectivity index (χ1n) is 5.62. The third-order valence-electron chi connectivity index (χ3n) is 2.66. The molecular weight excluding hydrogens is 202 g/mol. The molecule has 0 bridgehead atoms. The summed E-state index contributed by atoms with van der Waals surface area (Å²) in [5.41, 5.74) is 0. The molecule has 0 saturated carbocycles. The molecule has 0 radical (unpaired) electrons. The summed E-state index contributed by atoms with van der Waals surface area (Å²) < 4.78 is 1.93. The van der Waals surface area contributed by atoms with Crippen molar-refractivity contribution in [2.24, 2.45) is 0 Å². The van der Waals surface area contributed by atoms with Gasteiger partial charge in [-0.1, -0.05) is 6.92 Å². The molecule has 5 nitrogen and oxygen atoms in total. The van der Waals surface area contributed by atoms with Gasteiger partial charge in [-0.2, -0.15) is 10.4 Å². The van der Waals surface area contributed by atoms with E-state index in [2.05, 4.69) is 28.0 Å². The molecule has 0 aromatic carbocycles. The maximum Gasteiger partial charge on any atom is 0.141 e. The molecule has 0 saturated heterocycles. The van der Waals surface area contributed by atoms with Gasteiger partial charge in [-0.15, -0.1) is 0 Å². The normalized spacial score (nSPS) is 12.7. The molecule has 0 amide bonds. The second kappa shape index (κ2) is 6.23. The van der Waals surface area contributed by atoms with E-state index >= 15 is 0 Å². The minimum atomic E-state index is 0.247. The summed E-state index contributed by atoms with van der Waals surface area (Å²) in [6.45, 7) is 5.80. The lowest BCUT2D eigenvalue weighted by Gasteiger charge is -2.21. The third kappa shape index (κ3) is 3.31. The topological polar surface area (TPSA) is 57.7 Å². The summed E-state index contributed by atoms with van der Waals surface area (Å²) in [4.78, 5) is 6.37. The second-order valence-corrected chi connectivity index (χ2v) is 4.03. The molecular formula is C11H19N5. The lowest BCUT2D eigenvalue weighted by Crippen LogP contribution is -2.29. The van der Waals surface area contributed by atoms with Crippen LogP contribution < -0.4 is 0 Å². The predicted octanol–water partition coefficient (Wildman–Crippen LogP) is 1.42. The van der Waals surface area contributed by atoms with Crippen LogP contribution in [0.5, 0.6) is 0 Å². The van der Waals surface area contributed by atoms with Crippen LogP contribution in [-0.4, -0.2) is 32.8 Å². The zero-order valence-electron chi connectivity index (χ0n) is 10.2. The summed E-state index contributed by atoms with van der Waals surface area (Å²) in [5, 5.41) is 12.8. The first-order valence-corrected chi connectivity index (χ1v) is 5.62. The molecule has 0 fully saturated rings. The fourth-order valence-corrected chi connectivity index (χ4v) is 1.48. The van der Waals surface area contributed by atoms with Crippen LogP contribution in [0.25, 0.3) is 0 Å². The van der Waals surface area contributed by atoms with E-state index in [9.17, 15) is 0 Å². The number of hydrogen-bond donors (Lipinski definition) is 0. The van der Waals surface area contributed by atoms with Gasteiger partial charge in [-0.05, 0) is 20.4 Å². The highest BCUT2D eigenvalue weighted by Gasteiger charge is 2.12. The molecule has 1 unspecified atom stereocenters. The number of nitrogens with zero attached hydrogens (tertiary/aromatic N) is 5. The maximum absolute atomic E-state index is 8.64. The van der Waals surface area contributed by atoms with Gasteiger partial charge in [0, 0.05) is 12.6 Å². The predicted molar refractivity (Wildman–Crippen MR) is 61.5 cm³/mol. The van der Waals surface area contributed by atoms with Crippen molar-refractivity contribution in [2.45, 2.75) is 45.8 Å². The standard InChI is InChI=1S/C11H19N5/c1-4-7-16-11(13-9-14-16)8-15(3)10(2)5-6-12/h9-10H,4-5,7-8H2,1-3H3. The van der Waals surface area contributed by atoms with Gasteiger partial charge in [-0.25, -0.2) is 9.67 Å². The Hall–Kier alpha value is -1.41. The SMILES string of the molecule is CCCn1ncnc1CN(C)C(C)CC#N. The van der Waals surface area contributed by atoms with Gasteiger partial charge in [0.25, 0.3) is 0 Å². The second-order valence-electron chi connectivity index (χ2n) is 4.03. The molecule has 1 aromatic rings. The van der Waals surface area contributed by atoms with E-state index in [0.717, 1.165) is 25.3 Å². The van der Waals surface area contributed by atoms with Crippen molar-refractivity contribution in [3.8, 4) is 6.07 Å². The van der Waals surface area contributed by atoms with Crippen molar-refractivity contribution in [3.63, 3.8) is 0 Å².